The summed E-state index contributed by atoms with van der Waals surface area (Å²) >= 11 is 0. The third kappa shape index (κ3) is 5.56. The van der Waals surface area contributed by atoms with Gasteiger partial charge in [0, 0.05) is 13.1 Å². The average molecular weight is 320 g/mol. The lowest BCUT2D eigenvalue weighted by atomic mass is 9.97. The van der Waals surface area contributed by atoms with E-state index in [1.807, 2.05) is 37.3 Å². The predicted molar refractivity (Wildman–Crippen MR) is 85.6 cm³/mol. The maximum atomic E-state index is 12.3. The molecule has 2 rings (SSSR count). The highest BCUT2D eigenvalue weighted by molar-refractivity contribution is 5.80. The summed E-state index contributed by atoms with van der Waals surface area (Å²) in [6, 6.07) is 9.42. The van der Waals surface area contributed by atoms with Gasteiger partial charge in [0.05, 0.1) is 25.6 Å². The first kappa shape index (κ1) is 17.3. The van der Waals surface area contributed by atoms with E-state index < -0.39 is 0 Å². The van der Waals surface area contributed by atoms with E-state index in [1.54, 1.807) is 4.90 Å². The number of hydrogen-bond acceptors (Lipinski definition) is 4. The van der Waals surface area contributed by atoms with Crippen LogP contribution in [-0.4, -0.2) is 43.0 Å². The van der Waals surface area contributed by atoms with Crippen LogP contribution in [0.3, 0.4) is 0 Å². The Kier molecular flexibility index (Phi) is 6.87. The molecule has 1 heterocycles. The Labute approximate surface area is 136 Å². The van der Waals surface area contributed by atoms with Crippen molar-refractivity contribution in [2.45, 2.75) is 26.2 Å². The van der Waals surface area contributed by atoms with Gasteiger partial charge in [0.15, 0.2) is 0 Å². The molecular formula is C17H24N2O4. The van der Waals surface area contributed by atoms with Crippen molar-refractivity contribution in [3.63, 3.8) is 0 Å². The average Bonchev–Trinajstić information content (AvgIpc) is 2.60. The van der Waals surface area contributed by atoms with Crippen LogP contribution in [0.25, 0.3) is 0 Å². The van der Waals surface area contributed by atoms with Crippen molar-refractivity contribution >= 4 is 11.8 Å². The van der Waals surface area contributed by atoms with Crippen LogP contribution in [0.1, 0.15) is 26.2 Å². The van der Waals surface area contributed by atoms with Crippen molar-refractivity contribution in [3.05, 3.63) is 30.3 Å². The van der Waals surface area contributed by atoms with E-state index in [0.717, 1.165) is 18.6 Å². The van der Waals surface area contributed by atoms with E-state index in [4.69, 9.17) is 9.57 Å². The SMILES string of the molecule is CCONC(=O)C1CCCN(C(=O)CCOc2ccccc2)C1. The minimum absolute atomic E-state index is 0.0230. The van der Waals surface area contributed by atoms with Crippen LogP contribution in [0.2, 0.25) is 0 Å². The number of carbonyl (C=O) groups excluding carboxylic acids is 2. The summed E-state index contributed by atoms with van der Waals surface area (Å²) in [6.07, 6.45) is 1.92. The number of nitrogens with zero attached hydrogens (tertiary/aromatic N) is 1. The van der Waals surface area contributed by atoms with E-state index in [1.165, 1.54) is 0 Å². The fourth-order valence-corrected chi connectivity index (χ4v) is 2.58. The van der Waals surface area contributed by atoms with E-state index in [-0.39, 0.29) is 17.7 Å². The number of rotatable bonds is 7. The molecule has 1 aromatic carbocycles. The molecule has 0 aromatic heterocycles. The number of nitrogens with one attached hydrogen (secondary N) is 1. The van der Waals surface area contributed by atoms with Crippen molar-refractivity contribution in [1.82, 2.24) is 10.4 Å². The number of ether oxygens (including phenoxy) is 1. The number of hydroxylamine groups is 1. The van der Waals surface area contributed by atoms with Crippen LogP contribution in [0.4, 0.5) is 0 Å². The second-order valence-electron chi connectivity index (χ2n) is 5.49. The molecule has 1 fully saturated rings. The monoisotopic (exact) mass is 320 g/mol. The topological polar surface area (TPSA) is 67.9 Å². The summed E-state index contributed by atoms with van der Waals surface area (Å²) in [7, 11) is 0. The number of para-hydroxylation sites is 1. The van der Waals surface area contributed by atoms with Crippen molar-refractivity contribution in [2.75, 3.05) is 26.3 Å². The molecule has 126 valence electrons. The van der Waals surface area contributed by atoms with Gasteiger partial charge in [-0.2, -0.15) is 0 Å². The molecule has 0 aliphatic carbocycles. The van der Waals surface area contributed by atoms with Gasteiger partial charge >= 0.3 is 0 Å². The Bertz CT molecular complexity index is 507. The largest absolute Gasteiger partial charge is 0.493 e. The first-order valence-electron chi connectivity index (χ1n) is 8.08. The lowest BCUT2D eigenvalue weighted by Crippen LogP contribution is -2.45. The fourth-order valence-electron chi connectivity index (χ4n) is 2.58. The Morgan fingerprint density at radius 3 is 2.83 bits per heavy atom. The van der Waals surface area contributed by atoms with E-state index >= 15 is 0 Å². The summed E-state index contributed by atoms with van der Waals surface area (Å²) in [5.74, 6) is 0.432. The van der Waals surface area contributed by atoms with Gasteiger partial charge in [0.25, 0.3) is 0 Å². The zero-order chi connectivity index (χ0) is 16.5. The Balaban J connectivity index is 1.74. The highest BCUT2D eigenvalue weighted by Crippen LogP contribution is 2.17. The van der Waals surface area contributed by atoms with Gasteiger partial charge in [-0.15, -0.1) is 0 Å². The third-order valence-corrected chi connectivity index (χ3v) is 3.79. The molecule has 1 saturated heterocycles. The van der Waals surface area contributed by atoms with Crippen molar-refractivity contribution in [3.8, 4) is 5.75 Å². The molecule has 1 atom stereocenters. The molecule has 0 bridgehead atoms. The number of benzene rings is 1. The second-order valence-corrected chi connectivity index (χ2v) is 5.49. The Hall–Kier alpha value is -2.08. The maximum Gasteiger partial charge on any atom is 0.248 e. The predicted octanol–water partition coefficient (Wildman–Crippen LogP) is 1.76. The van der Waals surface area contributed by atoms with Crippen molar-refractivity contribution in [1.29, 1.82) is 0 Å². The Morgan fingerprint density at radius 1 is 1.30 bits per heavy atom. The molecular weight excluding hydrogens is 296 g/mol. The van der Waals surface area contributed by atoms with Crippen molar-refractivity contribution in [2.24, 2.45) is 5.92 Å². The van der Waals surface area contributed by atoms with E-state index in [0.29, 0.717) is 32.7 Å². The number of piperidine rings is 1. The van der Waals surface area contributed by atoms with Gasteiger partial charge in [-0.1, -0.05) is 18.2 Å². The van der Waals surface area contributed by atoms with Gasteiger partial charge < -0.3 is 9.64 Å². The van der Waals surface area contributed by atoms with E-state index in [2.05, 4.69) is 5.48 Å². The van der Waals surface area contributed by atoms with Gasteiger partial charge in [0.2, 0.25) is 11.8 Å². The molecule has 1 unspecified atom stereocenters. The molecule has 1 aliphatic rings. The molecule has 1 aliphatic heterocycles. The fraction of sp³-hybridized carbons (Fsp3) is 0.529. The second kappa shape index (κ2) is 9.15. The molecule has 0 saturated carbocycles. The highest BCUT2D eigenvalue weighted by atomic mass is 16.6. The molecule has 0 radical (unpaired) electrons. The maximum absolute atomic E-state index is 12.3. The minimum Gasteiger partial charge on any atom is -0.493 e. The van der Waals surface area contributed by atoms with Crippen LogP contribution in [0.5, 0.6) is 5.75 Å². The molecule has 6 nitrogen and oxygen atoms in total. The summed E-state index contributed by atoms with van der Waals surface area (Å²) in [6.45, 7) is 3.72. The minimum atomic E-state index is -0.200. The first-order valence-corrected chi connectivity index (χ1v) is 8.08. The van der Waals surface area contributed by atoms with Crippen molar-refractivity contribution < 1.29 is 19.2 Å². The smallest absolute Gasteiger partial charge is 0.248 e. The summed E-state index contributed by atoms with van der Waals surface area (Å²) in [4.78, 5) is 30.9. The highest BCUT2D eigenvalue weighted by Gasteiger charge is 2.28. The molecule has 6 heteroatoms. The molecule has 1 aromatic rings. The number of likely N-dealkylation sites (tertiary alicyclic amines) is 1. The summed E-state index contributed by atoms with van der Waals surface area (Å²) < 4.78 is 5.55. The number of amides is 2. The zero-order valence-electron chi connectivity index (χ0n) is 13.5. The third-order valence-electron chi connectivity index (χ3n) is 3.79. The van der Waals surface area contributed by atoms with Gasteiger partial charge in [0.1, 0.15) is 5.75 Å². The normalized spacial score (nSPS) is 17.6. The van der Waals surface area contributed by atoms with Gasteiger partial charge in [-0.3, -0.25) is 14.4 Å². The lowest BCUT2D eigenvalue weighted by Gasteiger charge is -2.32. The van der Waals surface area contributed by atoms with Crippen LogP contribution >= 0.6 is 0 Å². The number of carbonyl (C=O) groups is 2. The van der Waals surface area contributed by atoms with Gasteiger partial charge in [-0.25, -0.2) is 5.48 Å². The van der Waals surface area contributed by atoms with Crippen LogP contribution < -0.4 is 10.2 Å². The van der Waals surface area contributed by atoms with Crippen LogP contribution in [0, 0.1) is 5.92 Å². The molecule has 23 heavy (non-hydrogen) atoms. The molecule has 0 spiro atoms. The quantitative estimate of drug-likeness (QED) is 0.777. The number of hydrogen-bond donors (Lipinski definition) is 1. The zero-order valence-corrected chi connectivity index (χ0v) is 13.5. The summed E-state index contributed by atoms with van der Waals surface area (Å²) in [5, 5.41) is 0. The standard InChI is InChI=1S/C17H24N2O4/c1-2-23-18-17(21)14-7-6-11-19(13-14)16(20)10-12-22-15-8-4-3-5-9-15/h3-5,8-9,14H,2,6-7,10-13H2,1H3,(H,18,21). The lowest BCUT2D eigenvalue weighted by molar-refractivity contribution is -0.142. The first-order chi connectivity index (χ1) is 11.2. The molecule has 1 N–H and O–H groups in total. The summed E-state index contributed by atoms with van der Waals surface area (Å²) in [5.41, 5.74) is 2.42. The van der Waals surface area contributed by atoms with Gasteiger partial charge in [-0.05, 0) is 31.9 Å². The Morgan fingerprint density at radius 2 is 2.09 bits per heavy atom. The molecule has 2 amide bonds. The van der Waals surface area contributed by atoms with E-state index in [9.17, 15) is 9.59 Å². The van der Waals surface area contributed by atoms with Crippen LogP contribution in [-0.2, 0) is 14.4 Å². The van der Waals surface area contributed by atoms with Crippen LogP contribution in [0.15, 0.2) is 30.3 Å².